The van der Waals surface area contributed by atoms with Gasteiger partial charge in [-0.3, -0.25) is 0 Å². The number of allylic oxidation sites excluding steroid dienone is 2. The summed E-state index contributed by atoms with van der Waals surface area (Å²) >= 11 is 5.48. The van der Waals surface area contributed by atoms with Crippen LogP contribution in [-0.2, 0) is 4.79 Å². The van der Waals surface area contributed by atoms with Crippen molar-refractivity contribution >= 4 is 17.4 Å². The van der Waals surface area contributed by atoms with E-state index >= 15 is 0 Å². The van der Waals surface area contributed by atoms with Crippen molar-refractivity contribution in [2.75, 3.05) is 5.88 Å². The maximum absolute atomic E-state index is 10.5. The lowest BCUT2D eigenvalue weighted by Gasteiger charge is -1.88. The topological polar surface area (TPSA) is 17.1 Å². The van der Waals surface area contributed by atoms with Gasteiger partial charge in [0.25, 0.3) is 0 Å². The van der Waals surface area contributed by atoms with Crippen LogP contribution in [0.3, 0.4) is 0 Å². The molecule has 0 amide bonds. The third-order valence-electron chi connectivity index (χ3n) is 1.33. The molecule has 0 aromatic carbocycles. The van der Waals surface area contributed by atoms with Gasteiger partial charge in [0.2, 0.25) is 0 Å². The molecule has 0 aliphatic rings. The van der Waals surface area contributed by atoms with Crippen molar-refractivity contribution in [3.8, 4) is 0 Å². The summed E-state index contributed by atoms with van der Waals surface area (Å²) in [6.07, 6.45) is 7.73. The SMILES string of the molecule is CC(=O)CC/C=C/CCCCl. The average molecular weight is 175 g/mol. The van der Waals surface area contributed by atoms with Crippen LogP contribution < -0.4 is 0 Å². The van der Waals surface area contributed by atoms with E-state index < -0.39 is 0 Å². The number of unbranched alkanes of at least 4 members (excludes halogenated alkanes) is 1. The fourth-order valence-electron chi connectivity index (χ4n) is 0.717. The molecule has 0 aliphatic carbocycles. The number of ketones is 1. The first kappa shape index (κ1) is 10.7. The summed E-state index contributed by atoms with van der Waals surface area (Å²) in [7, 11) is 0. The lowest BCUT2D eigenvalue weighted by atomic mass is 10.2. The van der Waals surface area contributed by atoms with Gasteiger partial charge in [-0.2, -0.15) is 0 Å². The summed E-state index contributed by atoms with van der Waals surface area (Å²) in [4.78, 5) is 10.5. The molecule has 0 saturated heterocycles. The lowest BCUT2D eigenvalue weighted by molar-refractivity contribution is -0.116. The molecule has 0 spiro atoms. The zero-order chi connectivity index (χ0) is 8.53. The highest BCUT2D eigenvalue weighted by Crippen LogP contribution is 1.97. The third kappa shape index (κ3) is 9.70. The molecule has 0 bridgehead atoms. The van der Waals surface area contributed by atoms with Gasteiger partial charge in [0.1, 0.15) is 5.78 Å². The van der Waals surface area contributed by atoms with Crippen molar-refractivity contribution < 1.29 is 4.79 Å². The van der Waals surface area contributed by atoms with Gasteiger partial charge in [0.15, 0.2) is 0 Å². The second kappa shape index (κ2) is 7.80. The van der Waals surface area contributed by atoms with E-state index in [1.54, 1.807) is 6.92 Å². The molecule has 0 atom stereocenters. The van der Waals surface area contributed by atoms with Crippen LogP contribution in [0.5, 0.6) is 0 Å². The number of hydrogen-bond donors (Lipinski definition) is 0. The Balaban J connectivity index is 3.10. The van der Waals surface area contributed by atoms with Crippen LogP contribution in [-0.4, -0.2) is 11.7 Å². The second-order valence-corrected chi connectivity index (χ2v) is 2.92. The predicted molar refractivity (Wildman–Crippen MR) is 49.0 cm³/mol. The van der Waals surface area contributed by atoms with E-state index in [1.165, 1.54) is 0 Å². The monoisotopic (exact) mass is 174 g/mol. The molecule has 2 heteroatoms. The minimum atomic E-state index is 0.256. The Labute approximate surface area is 73.4 Å². The minimum Gasteiger partial charge on any atom is -0.300 e. The smallest absolute Gasteiger partial charge is 0.130 e. The van der Waals surface area contributed by atoms with Gasteiger partial charge in [-0.15, -0.1) is 11.6 Å². The van der Waals surface area contributed by atoms with Gasteiger partial charge in [-0.05, 0) is 26.2 Å². The van der Waals surface area contributed by atoms with Crippen LogP contribution in [0.15, 0.2) is 12.2 Å². The van der Waals surface area contributed by atoms with Crippen LogP contribution in [0, 0.1) is 0 Å². The molecule has 0 saturated carbocycles. The van der Waals surface area contributed by atoms with E-state index in [0.717, 1.165) is 25.1 Å². The number of hydrogen-bond acceptors (Lipinski definition) is 1. The minimum absolute atomic E-state index is 0.256. The Hall–Kier alpha value is -0.300. The quantitative estimate of drug-likeness (QED) is 0.344. The maximum Gasteiger partial charge on any atom is 0.130 e. The van der Waals surface area contributed by atoms with Gasteiger partial charge in [-0.25, -0.2) is 0 Å². The van der Waals surface area contributed by atoms with E-state index in [9.17, 15) is 4.79 Å². The van der Waals surface area contributed by atoms with Crippen LogP contribution in [0.25, 0.3) is 0 Å². The van der Waals surface area contributed by atoms with Crippen molar-refractivity contribution in [3.05, 3.63) is 12.2 Å². The second-order valence-electron chi connectivity index (χ2n) is 2.54. The third-order valence-corrected chi connectivity index (χ3v) is 1.60. The Morgan fingerprint density at radius 1 is 1.36 bits per heavy atom. The number of carbonyl (C=O) groups is 1. The van der Waals surface area contributed by atoms with Crippen LogP contribution in [0.2, 0.25) is 0 Å². The van der Waals surface area contributed by atoms with Crippen molar-refractivity contribution in [1.82, 2.24) is 0 Å². The predicted octanol–water partition coefficient (Wildman–Crippen LogP) is 2.93. The summed E-state index contributed by atoms with van der Waals surface area (Å²) in [6.45, 7) is 1.62. The molecule has 0 heterocycles. The molecule has 0 aromatic rings. The highest BCUT2D eigenvalue weighted by Gasteiger charge is 1.87. The number of Topliss-reactive ketones (excluding diaryl/α,β-unsaturated/α-hetero) is 1. The number of carbonyl (C=O) groups excluding carboxylic acids is 1. The van der Waals surface area contributed by atoms with E-state index in [4.69, 9.17) is 11.6 Å². The fourth-order valence-corrected chi connectivity index (χ4v) is 0.872. The molecule has 0 aliphatic heterocycles. The molecule has 0 N–H and O–H groups in total. The first-order valence-electron chi connectivity index (χ1n) is 3.97. The molecule has 0 fully saturated rings. The highest BCUT2D eigenvalue weighted by atomic mass is 35.5. The summed E-state index contributed by atoms with van der Waals surface area (Å²) in [5, 5.41) is 0. The van der Waals surface area contributed by atoms with E-state index in [2.05, 4.69) is 6.08 Å². The van der Waals surface area contributed by atoms with Gasteiger partial charge in [-0.1, -0.05) is 12.2 Å². The Kier molecular flexibility index (Phi) is 7.59. The van der Waals surface area contributed by atoms with Crippen LogP contribution >= 0.6 is 11.6 Å². The molecule has 0 aromatic heterocycles. The van der Waals surface area contributed by atoms with Crippen molar-refractivity contribution in [1.29, 1.82) is 0 Å². The van der Waals surface area contributed by atoms with E-state index in [-0.39, 0.29) is 5.78 Å². The van der Waals surface area contributed by atoms with Gasteiger partial charge in [0, 0.05) is 12.3 Å². The largest absolute Gasteiger partial charge is 0.300 e. The molecule has 11 heavy (non-hydrogen) atoms. The Bertz CT molecular complexity index is 130. The van der Waals surface area contributed by atoms with Crippen molar-refractivity contribution in [3.63, 3.8) is 0 Å². The number of alkyl halides is 1. The van der Waals surface area contributed by atoms with Crippen LogP contribution in [0.1, 0.15) is 32.6 Å². The fraction of sp³-hybridized carbons (Fsp3) is 0.667. The van der Waals surface area contributed by atoms with Gasteiger partial charge in [0.05, 0.1) is 0 Å². The summed E-state index contributed by atoms with van der Waals surface area (Å²) in [5.41, 5.74) is 0. The van der Waals surface area contributed by atoms with Crippen molar-refractivity contribution in [2.24, 2.45) is 0 Å². The molecule has 64 valence electrons. The van der Waals surface area contributed by atoms with Gasteiger partial charge >= 0.3 is 0 Å². The summed E-state index contributed by atoms with van der Waals surface area (Å²) in [6, 6.07) is 0. The molecular formula is C9H15ClO. The molecular weight excluding hydrogens is 160 g/mol. The number of rotatable bonds is 6. The zero-order valence-corrected chi connectivity index (χ0v) is 7.73. The zero-order valence-electron chi connectivity index (χ0n) is 6.98. The summed E-state index contributed by atoms with van der Waals surface area (Å²) < 4.78 is 0. The number of halogens is 1. The lowest BCUT2D eigenvalue weighted by Crippen LogP contribution is -1.86. The van der Waals surface area contributed by atoms with Crippen molar-refractivity contribution in [2.45, 2.75) is 32.6 Å². The maximum atomic E-state index is 10.5. The summed E-state index contributed by atoms with van der Waals surface area (Å²) in [5.74, 6) is 0.976. The average Bonchev–Trinajstić information content (AvgIpc) is 1.96. The van der Waals surface area contributed by atoms with E-state index in [1.807, 2.05) is 6.08 Å². The normalized spacial score (nSPS) is 10.7. The Morgan fingerprint density at radius 2 is 2.00 bits per heavy atom. The molecule has 0 radical (unpaired) electrons. The standard InChI is InChI=1S/C9H15ClO/c1-9(11)7-5-3-2-4-6-8-10/h2-3H,4-8H2,1H3/b3-2+. The highest BCUT2D eigenvalue weighted by molar-refractivity contribution is 6.17. The molecule has 0 unspecified atom stereocenters. The Morgan fingerprint density at radius 3 is 2.55 bits per heavy atom. The van der Waals surface area contributed by atoms with Gasteiger partial charge < -0.3 is 4.79 Å². The first-order chi connectivity index (χ1) is 5.27. The van der Waals surface area contributed by atoms with E-state index in [0.29, 0.717) is 6.42 Å². The van der Waals surface area contributed by atoms with Crippen LogP contribution in [0.4, 0.5) is 0 Å². The molecule has 1 nitrogen and oxygen atoms in total. The first-order valence-corrected chi connectivity index (χ1v) is 4.51. The molecule has 0 rings (SSSR count).